The Labute approximate surface area is 192 Å². The Kier molecular flexibility index (Phi) is 6.13. The number of amides is 3. The Bertz CT molecular complexity index is 1360. The van der Waals surface area contributed by atoms with E-state index in [1.165, 1.54) is 12.3 Å². The summed E-state index contributed by atoms with van der Waals surface area (Å²) in [6.07, 6.45) is -0.973. The maximum Gasteiger partial charge on any atom is 0.418 e. The molecule has 4 aromatic rings. The average molecular weight is 465 g/mol. The average Bonchev–Trinajstić information content (AvgIpc) is 2.82. The van der Waals surface area contributed by atoms with Crippen LogP contribution < -0.4 is 15.5 Å². The van der Waals surface area contributed by atoms with Crippen LogP contribution in [0, 0.1) is 6.92 Å². The van der Waals surface area contributed by atoms with E-state index >= 15 is 0 Å². The van der Waals surface area contributed by atoms with E-state index in [-0.39, 0.29) is 17.6 Å². The lowest BCUT2D eigenvalue weighted by Crippen LogP contribution is -2.21. The lowest BCUT2D eigenvalue weighted by molar-refractivity contribution is -0.137. The Morgan fingerprint density at radius 1 is 0.971 bits per heavy atom. The van der Waals surface area contributed by atoms with Gasteiger partial charge in [0, 0.05) is 23.5 Å². The number of alkyl halides is 3. The van der Waals surface area contributed by atoms with Gasteiger partial charge in [0.05, 0.1) is 34.3 Å². The van der Waals surface area contributed by atoms with Crippen LogP contribution >= 0.6 is 0 Å². The van der Waals surface area contributed by atoms with Crippen LogP contribution in [0.2, 0.25) is 0 Å². The van der Waals surface area contributed by atoms with E-state index in [1.54, 1.807) is 43.3 Å². The SMILES string of the molecule is Cc1cnc2c(N(C=O)c3cnccc3C(F)(F)F)cccc2c1NC(=O)Nc1ccccc1. The van der Waals surface area contributed by atoms with Crippen molar-refractivity contribution in [1.82, 2.24) is 9.97 Å². The number of fused-ring (bicyclic) bond motifs is 1. The van der Waals surface area contributed by atoms with Gasteiger partial charge < -0.3 is 10.6 Å². The second-order valence-corrected chi connectivity index (χ2v) is 7.30. The van der Waals surface area contributed by atoms with Gasteiger partial charge in [0.25, 0.3) is 0 Å². The molecule has 3 amide bonds. The lowest BCUT2D eigenvalue weighted by atomic mass is 10.1. The molecule has 0 aliphatic rings. The molecule has 2 N–H and O–H groups in total. The highest BCUT2D eigenvalue weighted by Gasteiger charge is 2.35. The van der Waals surface area contributed by atoms with Crippen LogP contribution in [0.15, 0.2) is 73.2 Å². The Morgan fingerprint density at radius 3 is 2.44 bits per heavy atom. The fraction of sp³-hybridized carbons (Fsp3) is 0.0833. The number of hydrogen-bond acceptors (Lipinski definition) is 4. The number of aryl methyl sites for hydroxylation is 1. The molecule has 4 rings (SSSR count). The van der Waals surface area contributed by atoms with Gasteiger partial charge in [-0.2, -0.15) is 13.2 Å². The predicted molar refractivity (Wildman–Crippen MR) is 123 cm³/mol. The summed E-state index contributed by atoms with van der Waals surface area (Å²) in [6.45, 7) is 1.73. The number of urea groups is 1. The maximum absolute atomic E-state index is 13.6. The molecular formula is C24H18F3N5O2. The minimum atomic E-state index is -4.70. The third-order valence-corrected chi connectivity index (χ3v) is 5.07. The van der Waals surface area contributed by atoms with Crippen molar-refractivity contribution in [2.75, 3.05) is 15.5 Å². The highest BCUT2D eigenvalue weighted by atomic mass is 19.4. The minimum Gasteiger partial charge on any atom is -0.308 e. The van der Waals surface area contributed by atoms with Crippen LogP contribution in [0.5, 0.6) is 0 Å². The number of halogens is 3. The standard InChI is InChI=1S/C24H18F3N5O2/c1-15-12-29-22-17(21(15)31-23(34)30-16-6-3-2-4-7-16)8-5-9-19(22)32(14-33)20-13-28-11-10-18(20)24(25,26)27/h2-14H,1H3,(H2,29,30,31,34). The zero-order valence-corrected chi connectivity index (χ0v) is 17.8. The molecular weight excluding hydrogens is 447 g/mol. The zero-order valence-electron chi connectivity index (χ0n) is 17.8. The van der Waals surface area contributed by atoms with Gasteiger partial charge in [0.1, 0.15) is 0 Å². The number of benzene rings is 2. The van der Waals surface area contributed by atoms with Crippen molar-refractivity contribution in [2.24, 2.45) is 0 Å². The van der Waals surface area contributed by atoms with E-state index in [9.17, 15) is 22.8 Å². The normalized spacial score (nSPS) is 11.2. The molecule has 0 spiro atoms. The van der Waals surface area contributed by atoms with E-state index in [4.69, 9.17) is 0 Å². The monoisotopic (exact) mass is 465 g/mol. The third kappa shape index (κ3) is 4.51. The molecule has 0 bridgehead atoms. The van der Waals surface area contributed by atoms with E-state index < -0.39 is 23.5 Å². The quantitative estimate of drug-likeness (QED) is 0.360. The molecule has 0 saturated carbocycles. The van der Waals surface area contributed by atoms with E-state index in [2.05, 4.69) is 20.6 Å². The summed E-state index contributed by atoms with van der Waals surface area (Å²) >= 11 is 0. The smallest absolute Gasteiger partial charge is 0.308 e. The first kappa shape index (κ1) is 22.7. The molecule has 2 aromatic heterocycles. The fourth-order valence-electron chi connectivity index (χ4n) is 3.53. The number of pyridine rings is 2. The highest BCUT2D eigenvalue weighted by Crippen LogP contribution is 2.40. The van der Waals surface area contributed by atoms with Crippen molar-refractivity contribution in [3.63, 3.8) is 0 Å². The van der Waals surface area contributed by atoms with Gasteiger partial charge in [0.15, 0.2) is 0 Å². The summed E-state index contributed by atoms with van der Waals surface area (Å²) in [6, 6.07) is 13.8. The van der Waals surface area contributed by atoms with E-state index in [0.717, 1.165) is 23.4 Å². The molecule has 0 aliphatic carbocycles. The lowest BCUT2D eigenvalue weighted by Gasteiger charge is -2.23. The fourth-order valence-corrected chi connectivity index (χ4v) is 3.53. The van der Waals surface area contributed by atoms with Gasteiger partial charge in [-0.15, -0.1) is 0 Å². The molecule has 2 aromatic carbocycles. The van der Waals surface area contributed by atoms with Crippen LogP contribution in [0.25, 0.3) is 10.9 Å². The molecule has 0 aliphatic heterocycles. The molecule has 7 nitrogen and oxygen atoms in total. The van der Waals surface area contributed by atoms with Crippen LogP contribution in [-0.2, 0) is 11.0 Å². The van der Waals surface area contributed by atoms with Gasteiger partial charge in [-0.05, 0) is 36.8 Å². The van der Waals surface area contributed by atoms with E-state index in [0.29, 0.717) is 22.3 Å². The third-order valence-electron chi connectivity index (χ3n) is 5.07. The molecule has 0 radical (unpaired) electrons. The van der Waals surface area contributed by atoms with Gasteiger partial charge in [-0.1, -0.05) is 30.3 Å². The Hall–Kier alpha value is -4.47. The van der Waals surface area contributed by atoms with Crippen LogP contribution in [0.3, 0.4) is 0 Å². The number of nitrogens with one attached hydrogen (secondary N) is 2. The molecule has 10 heteroatoms. The summed E-state index contributed by atoms with van der Waals surface area (Å²) in [5.41, 5.74) is 0.511. The number of rotatable bonds is 5. The molecule has 172 valence electrons. The number of para-hydroxylation sites is 2. The molecule has 2 heterocycles. The molecule has 0 unspecified atom stereocenters. The number of carbonyl (C=O) groups is 2. The predicted octanol–water partition coefficient (Wildman–Crippen LogP) is 5.90. The van der Waals surface area contributed by atoms with E-state index in [1.807, 2.05) is 6.07 Å². The van der Waals surface area contributed by atoms with Crippen molar-refractivity contribution < 1.29 is 22.8 Å². The Balaban J connectivity index is 1.78. The summed E-state index contributed by atoms with van der Waals surface area (Å²) in [5, 5.41) is 5.93. The van der Waals surface area contributed by atoms with Crippen molar-refractivity contribution >= 4 is 46.1 Å². The second kappa shape index (κ2) is 9.18. The molecule has 0 atom stereocenters. The van der Waals surface area contributed by atoms with Crippen LogP contribution in [0.1, 0.15) is 11.1 Å². The van der Waals surface area contributed by atoms with Crippen molar-refractivity contribution in [1.29, 1.82) is 0 Å². The summed E-state index contributed by atoms with van der Waals surface area (Å²) in [7, 11) is 0. The number of hydrogen-bond donors (Lipinski definition) is 2. The first-order chi connectivity index (χ1) is 16.3. The zero-order chi connectivity index (χ0) is 24.3. The van der Waals surface area contributed by atoms with Gasteiger partial charge in [-0.25, -0.2) is 4.79 Å². The summed E-state index contributed by atoms with van der Waals surface area (Å²) in [5.74, 6) is 0. The van der Waals surface area contributed by atoms with Crippen molar-refractivity contribution in [3.8, 4) is 0 Å². The van der Waals surface area contributed by atoms with Crippen LogP contribution in [-0.4, -0.2) is 22.4 Å². The number of anilines is 4. The first-order valence-corrected chi connectivity index (χ1v) is 10.1. The second-order valence-electron chi connectivity index (χ2n) is 7.30. The molecule has 0 saturated heterocycles. The Morgan fingerprint density at radius 2 is 1.74 bits per heavy atom. The molecule has 0 fully saturated rings. The number of carbonyl (C=O) groups excluding carboxylic acids is 2. The topological polar surface area (TPSA) is 87.2 Å². The van der Waals surface area contributed by atoms with Gasteiger partial charge in [-0.3, -0.25) is 19.7 Å². The maximum atomic E-state index is 13.6. The van der Waals surface area contributed by atoms with Crippen molar-refractivity contribution in [3.05, 3.63) is 84.3 Å². The first-order valence-electron chi connectivity index (χ1n) is 10.1. The summed E-state index contributed by atoms with van der Waals surface area (Å²) in [4.78, 5) is 33.5. The largest absolute Gasteiger partial charge is 0.418 e. The highest BCUT2D eigenvalue weighted by molar-refractivity contribution is 6.10. The minimum absolute atomic E-state index is 0.109. The molecule has 34 heavy (non-hydrogen) atoms. The van der Waals surface area contributed by atoms with Crippen molar-refractivity contribution in [2.45, 2.75) is 13.1 Å². The van der Waals surface area contributed by atoms with Crippen LogP contribution in [0.4, 0.5) is 40.7 Å². The number of aromatic nitrogens is 2. The summed E-state index contributed by atoms with van der Waals surface area (Å²) < 4.78 is 40.7. The van der Waals surface area contributed by atoms with Gasteiger partial charge in [0.2, 0.25) is 6.41 Å². The van der Waals surface area contributed by atoms with Gasteiger partial charge >= 0.3 is 12.2 Å². The number of nitrogens with zero attached hydrogens (tertiary/aromatic N) is 3.